The Kier molecular flexibility index (Phi) is 3.37. The fourth-order valence-electron chi connectivity index (χ4n) is 2.05. The molecule has 1 aliphatic rings. The number of hydrogen-bond donors (Lipinski definition) is 1. The molecule has 0 aromatic heterocycles. The molecule has 0 aliphatic carbocycles. The van der Waals surface area contributed by atoms with Crippen LogP contribution < -0.4 is 5.32 Å². The van der Waals surface area contributed by atoms with E-state index in [4.69, 9.17) is 0 Å². The van der Waals surface area contributed by atoms with Gasteiger partial charge >= 0.3 is 0 Å². The second-order valence-electron chi connectivity index (χ2n) is 4.76. The Labute approximate surface area is 91.0 Å². The second-order valence-corrected chi connectivity index (χ2v) is 4.76. The van der Waals surface area contributed by atoms with Gasteiger partial charge in [-0.2, -0.15) is 0 Å². The molecule has 86 valence electrons. The predicted molar refractivity (Wildman–Crippen MR) is 58.2 cm³/mol. The Bertz CT molecular complexity index is 274. The number of amides is 2. The quantitative estimate of drug-likeness (QED) is 0.735. The van der Waals surface area contributed by atoms with E-state index in [1.807, 2.05) is 27.7 Å². The summed E-state index contributed by atoms with van der Waals surface area (Å²) in [6.07, 6.45) is 0. The monoisotopic (exact) mass is 212 g/mol. The van der Waals surface area contributed by atoms with Crippen LogP contribution in [-0.4, -0.2) is 34.8 Å². The molecule has 4 nitrogen and oxygen atoms in total. The van der Waals surface area contributed by atoms with E-state index in [1.54, 1.807) is 11.8 Å². The number of carbonyl (C=O) groups excluding carboxylic acids is 2. The fourth-order valence-corrected chi connectivity index (χ4v) is 2.05. The highest BCUT2D eigenvalue weighted by Crippen LogP contribution is 2.19. The van der Waals surface area contributed by atoms with Gasteiger partial charge in [0, 0.05) is 6.04 Å². The third kappa shape index (κ3) is 2.13. The van der Waals surface area contributed by atoms with Gasteiger partial charge in [-0.15, -0.1) is 0 Å². The van der Waals surface area contributed by atoms with Gasteiger partial charge in [0.05, 0.1) is 0 Å². The fraction of sp³-hybridized carbons (Fsp3) is 0.818. The summed E-state index contributed by atoms with van der Waals surface area (Å²) < 4.78 is 0. The Balaban J connectivity index is 3.01. The zero-order chi connectivity index (χ0) is 11.7. The van der Waals surface area contributed by atoms with E-state index in [1.165, 1.54) is 0 Å². The molecule has 1 rings (SSSR count). The molecule has 15 heavy (non-hydrogen) atoms. The lowest BCUT2D eigenvalue weighted by Gasteiger charge is -2.42. The first-order chi connectivity index (χ1) is 6.86. The van der Waals surface area contributed by atoms with Crippen molar-refractivity contribution in [2.75, 3.05) is 0 Å². The highest BCUT2D eigenvalue weighted by molar-refractivity contribution is 5.97. The lowest BCUT2D eigenvalue weighted by molar-refractivity contribution is -0.152. The number of rotatable bonds is 2. The zero-order valence-electron chi connectivity index (χ0n) is 10.1. The summed E-state index contributed by atoms with van der Waals surface area (Å²) >= 11 is 0. The molecule has 1 aliphatic heterocycles. The summed E-state index contributed by atoms with van der Waals surface area (Å²) in [6.45, 7) is 9.54. The molecule has 0 radical (unpaired) electrons. The first-order valence-electron chi connectivity index (χ1n) is 5.48. The molecule has 1 heterocycles. The van der Waals surface area contributed by atoms with Crippen LogP contribution >= 0.6 is 0 Å². The van der Waals surface area contributed by atoms with Crippen molar-refractivity contribution in [3.05, 3.63) is 0 Å². The van der Waals surface area contributed by atoms with Crippen LogP contribution in [0, 0.1) is 5.92 Å². The summed E-state index contributed by atoms with van der Waals surface area (Å²) in [6, 6.07) is -0.651. The van der Waals surface area contributed by atoms with Crippen molar-refractivity contribution >= 4 is 11.8 Å². The standard InChI is InChI=1S/C11H20N2O2/c1-6(2)9-10(14)12-8(5)11(15)13(9)7(3)4/h6-9H,1-5H3,(H,12,14). The third-order valence-electron chi connectivity index (χ3n) is 2.74. The highest BCUT2D eigenvalue weighted by Gasteiger charge is 2.41. The van der Waals surface area contributed by atoms with Gasteiger partial charge in [0.1, 0.15) is 12.1 Å². The number of nitrogens with one attached hydrogen (secondary N) is 1. The maximum atomic E-state index is 11.9. The van der Waals surface area contributed by atoms with Gasteiger partial charge in [0.2, 0.25) is 11.8 Å². The van der Waals surface area contributed by atoms with Crippen LogP contribution in [0.2, 0.25) is 0 Å². The van der Waals surface area contributed by atoms with Gasteiger partial charge in [0.15, 0.2) is 0 Å². The van der Waals surface area contributed by atoms with E-state index in [9.17, 15) is 9.59 Å². The van der Waals surface area contributed by atoms with E-state index < -0.39 is 6.04 Å². The van der Waals surface area contributed by atoms with Crippen LogP contribution in [0.5, 0.6) is 0 Å². The maximum Gasteiger partial charge on any atom is 0.245 e. The Morgan fingerprint density at radius 2 is 1.73 bits per heavy atom. The second kappa shape index (κ2) is 4.21. The molecule has 0 bridgehead atoms. The van der Waals surface area contributed by atoms with E-state index in [-0.39, 0.29) is 29.8 Å². The summed E-state index contributed by atoms with van der Waals surface area (Å²) in [4.78, 5) is 25.4. The number of piperazine rings is 1. The smallest absolute Gasteiger partial charge is 0.245 e. The minimum absolute atomic E-state index is 0.0169. The molecule has 0 saturated carbocycles. The van der Waals surface area contributed by atoms with Gasteiger partial charge in [-0.3, -0.25) is 9.59 Å². The molecule has 0 aromatic carbocycles. The number of hydrogen-bond acceptors (Lipinski definition) is 2. The maximum absolute atomic E-state index is 11.9. The summed E-state index contributed by atoms with van der Waals surface area (Å²) in [5, 5.41) is 2.72. The number of carbonyl (C=O) groups is 2. The van der Waals surface area contributed by atoms with Crippen LogP contribution in [0.15, 0.2) is 0 Å². The average Bonchev–Trinajstić information content (AvgIpc) is 2.09. The molecule has 1 N–H and O–H groups in total. The Hall–Kier alpha value is -1.06. The van der Waals surface area contributed by atoms with Crippen LogP contribution in [-0.2, 0) is 9.59 Å². The largest absolute Gasteiger partial charge is 0.343 e. The lowest BCUT2D eigenvalue weighted by atomic mass is 9.96. The van der Waals surface area contributed by atoms with E-state index in [0.29, 0.717) is 0 Å². The molecule has 1 fully saturated rings. The molecule has 0 aromatic rings. The molecule has 4 heteroatoms. The normalized spacial score (nSPS) is 27.5. The molecule has 1 saturated heterocycles. The van der Waals surface area contributed by atoms with Gasteiger partial charge in [-0.25, -0.2) is 0 Å². The summed E-state index contributed by atoms with van der Waals surface area (Å²) in [5.41, 5.74) is 0. The van der Waals surface area contributed by atoms with Crippen molar-refractivity contribution in [2.45, 2.75) is 52.7 Å². The van der Waals surface area contributed by atoms with Gasteiger partial charge in [-0.05, 0) is 26.7 Å². The Morgan fingerprint density at radius 3 is 2.13 bits per heavy atom. The first kappa shape index (κ1) is 12.0. The summed E-state index contributed by atoms with van der Waals surface area (Å²) in [7, 11) is 0. The van der Waals surface area contributed by atoms with Crippen molar-refractivity contribution in [1.29, 1.82) is 0 Å². The SMILES string of the molecule is CC1NC(=O)C(C(C)C)N(C(C)C)C1=O. The minimum atomic E-state index is -0.394. The van der Waals surface area contributed by atoms with Gasteiger partial charge < -0.3 is 10.2 Å². The zero-order valence-corrected chi connectivity index (χ0v) is 10.1. The molecule has 2 unspecified atom stereocenters. The topological polar surface area (TPSA) is 49.4 Å². The van der Waals surface area contributed by atoms with E-state index in [2.05, 4.69) is 5.32 Å². The van der Waals surface area contributed by atoms with Crippen molar-refractivity contribution in [2.24, 2.45) is 5.92 Å². The van der Waals surface area contributed by atoms with Crippen LogP contribution in [0.1, 0.15) is 34.6 Å². The van der Waals surface area contributed by atoms with Crippen molar-refractivity contribution < 1.29 is 9.59 Å². The first-order valence-corrected chi connectivity index (χ1v) is 5.48. The predicted octanol–water partition coefficient (Wildman–Crippen LogP) is 0.766. The molecular weight excluding hydrogens is 192 g/mol. The molecule has 2 atom stereocenters. The van der Waals surface area contributed by atoms with Crippen molar-refractivity contribution in [3.63, 3.8) is 0 Å². The van der Waals surface area contributed by atoms with Crippen molar-refractivity contribution in [1.82, 2.24) is 10.2 Å². The van der Waals surface area contributed by atoms with Gasteiger partial charge in [-0.1, -0.05) is 13.8 Å². The summed E-state index contributed by atoms with van der Waals surface area (Å²) in [5.74, 6) is 0.123. The van der Waals surface area contributed by atoms with E-state index >= 15 is 0 Å². The third-order valence-corrected chi connectivity index (χ3v) is 2.74. The lowest BCUT2D eigenvalue weighted by Crippen LogP contribution is -2.65. The van der Waals surface area contributed by atoms with Crippen molar-refractivity contribution in [3.8, 4) is 0 Å². The Morgan fingerprint density at radius 1 is 1.20 bits per heavy atom. The van der Waals surface area contributed by atoms with E-state index in [0.717, 1.165) is 0 Å². The van der Waals surface area contributed by atoms with Gasteiger partial charge in [0.25, 0.3) is 0 Å². The molecular formula is C11H20N2O2. The minimum Gasteiger partial charge on any atom is -0.343 e. The van der Waals surface area contributed by atoms with Crippen LogP contribution in [0.25, 0.3) is 0 Å². The highest BCUT2D eigenvalue weighted by atomic mass is 16.2. The average molecular weight is 212 g/mol. The molecule has 0 spiro atoms. The molecule has 2 amide bonds. The number of nitrogens with zero attached hydrogens (tertiary/aromatic N) is 1. The van der Waals surface area contributed by atoms with Crippen LogP contribution in [0.3, 0.4) is 0 Å². The van der Waals surface area contributed by atoms with Crippen LogP contribution in [0.4, 0.5) is 0 Å².